The van der Waals surface area contributed by atoms with Gasteiger partial charge in [0.15, 0.2) is 0 Å². The molecule has 2 heterocycles. The van der Waals surface area contributed by atoms with Gasteiger partial charge in [-0.1, -0.05) is 0 Å². The number of azo groups is 1. The summed E-state index contributed by atoms with van der Waals surface area (Å²) < 4.78 is 24.5. The van der Waals surface area contributed by atoms with Crippen LogP contribution < -0.4 is 0 Å². The Hall–Kier alpha value is -0.490. The zero-order valence-electron chi connectivity index (χ0n) is 7.74. The van der Waals surface area contributed by atoms with Crippen LogP contribution in [0.1, 0.15) is 6.42 Å². The van der Waals surface area contributed by atoms with Crippen LogP contribution in [0.15, 0.2) is 10.2 Å². The number of sulfonamides is 1. The molecule has 6 heteroatoms. The Morgan fingerprint density at radius 1 is 1.14 bits per heavy atom. The smallest absolute Gasteiger partial charge is 0.211 e. The third kappa shape index (κ3) is 0.642. The highest BCUT2D eigenvalue weighted by molar-refractivity contribution is 7.88. The van der Waals surface area contributed by atoms with Gasteiger partial charge in [0.2, 0.25) is 10.0 Å². The number of piperidine rings is 1. The van der Waals surface area contributed by atoms with Crippen molar-refractivity contribution in [2.24, 2.45) is 22.1 Å². The van der Waals surface area contributed by atoms with Crippen LogP contribution in [0.4, 0.5) is 0 Å². The predicted octanol–water partition coefficient (Wildman–Crippen LogP) is -0.149. The Labute approximate surface area is 82.2 Å². The van der Waals surface area contributed by atoms with E-state index in [2.05, 4.69) is 10.2 Å². The average molecular weight is 213 g/mol. The van der Waals surface area contributed by atoms with Crippen LogP contribution in [-0.4, -0.2) is 43.1 Å². The lowest BCUT2D eigenvalue weighted by molar-refractivity contribution is 0.315. The lowest BCUT2D eigenvalue weighted by atomic mass is 9.90. The minimum absolute atomic E-state index is 0.274. The van der Waals surface area contributed by atoms with Crippen LogP contribution in [0.3, 0.4) is 0 Å². The summed E-state index contributed by atoms with van der Waals surface area (Å²) in [6, 6.07) is 1.26. The Balaban J connectivity index is 1.73. The van der Waals surface area contributed by atoms with Gasteiger partial charge in [-0.15, -0.1) is 0 Å². The first-order chi connectivity index (χ1) is 6.59. The van der Waals surface area contributed by atoms with Gasteiger partial charge < -0.3 is 0 Å². The normalized spacial score (nSPS) is 61.9. The molecule has 0 spiro atoms. The number of hydrogen-bond acceptors (Lipinski definition) is 4. The Morgan fingerprint density at radius 2 is 1.64 bits per heavy atom. The van der Waals surface area contributed by atoms with Crippen LogP contribution >= 0.6 is 0 Å². The van der Waals surface area contributed by atoms with Crippen molar-refractivity contribution >= 4 is 10.0 Å². The average Bonchev–Trinajstić information content (AvgIpc) is 2.58. The molecule has 2 bridgehead atoms. The van der Waals surface area contributed by atoms with Gasteiger partial charge in [-0.05, 0) is 6.42 Å². The molecule has 0 N–H and O–H groups in total. The summed E-state index contributed by atoms with van der Waals surface area (Å²) in [5, 5.41) is 8.22. The molecule has 1 saturated heterocycles. The molecular weight excluding hydrogens is 202 g/mol. The second-order valence-corrected chi connectivity index (χ2v) is 6.74. The van der Waals surface area contributed by atoms with Crippen LogP contribution in [0.5, 0.6) is 0 Å². The van der Waals surface area contributed by atoms with Gasteiger partial charge in [0.25, 0.3) is 0 Å². The maximum absolute atomic E-state index is 11.4. The molecule has 4 aliphatic rings. The topological polar surface area (TPSA) is 61.9 Å². The van der Waals surface area contributed by atoms with Gasteiger partial charge in [-0.2, -0.15) is 14.5 Å². The highest BCUT2D eigenvalue weighted by atomic mass is 32.2. The van der Waals surface area contributed by atoms with Crippen molar-refractivity contribution in [1.29, 1.82) is 0 Å². The zero-order valence-corrected chi connectivity index (χ0v) is 8.55. The second-order valence-electron chi connectivity index (χ2n) is 4.85. The number of nitrogens with zero attached hydrogens (tertiary/aromatic N) is 3. The molecule has 2 saturated carbocycles. The van der Waals surface area contributed by atoms with Gasteiger partial charge in [-0.25, -0.2) is 8.42 Å². The summed E-state index contributed by atoms with van der Waals surface area (Å²) in [6.45, 7) is 0. The molecular formula is C8H11N3O2S. The largest absolute Gasteiger partial charge is 0.212 e. The standard InChI is InChI=1S/C8H11N3O2S/c1-14(12,13)11-7-3-2-4(8(7)11)6-5(3)9-10-6/h3-8H,2H2,1H3/t3-,4+,5+,6-,7-,8+,11?. The maximum Gasteiger partial charge on any atom is 0.211 e. The molecule has 14 heavy (non-hydrogen) atoms. The quantitative estimate of drug-likeness (QED) is 0.569. The Kier molecular flexibility index (Phi) is 1.05. The highest BCUT2D eigenvalue weighted by Gasteiger charge is 2.75. The van der Waals surface area contributed by atoms with Crippen LogP contribution in [0.25, 0.3) is 0 Å². The Bertz CT molecular complexity index is 422. The summed E-state index contributed by atoms with van der Waals surface area (Å²) in [6.07, 6.45) is 2.45. The summed E-state index contributed by atoms with van der Waals surface area (Å²) in [5.41, 5.74) is 0. The number of hydrogen-bond donors (Lipinski definition) is 0. The van der Waals surface area contributed by atoms with Crippen molar-refractivity contribution in [1.82, 2.24) is 4.31 Å². The van der Waals surface area contributed by atoms with E-state index >= 15 is 0 Å². The van der Waals surface area contributed by atoms with Gasteiger partial charge >= 0.3 is 0 Å². The molecule has 2 aliphatic heterocycles. The first-order valence-corrected chi connectivity index (χ1v) is 6.82. The number of rotatable bonds is 1. The van der Waals surface area contributed by atoms with Gasteiger partial charge in [-0.3, -0.25) is 0 Å². The lowest BCUT2D eigenvalue weighted by Gasteiger charge is -2.28. The summed E-state index contributed by atoms with van der Waals surface area (Å²) in [5.74, 6) is 0.949. The third-order valence-corrected chi connectivity index (χ3v) is 5.47. The summed E-state index contributed by atoms with van der Waals surface area (Å²) in [7, 11) is -2.98. The first kappa shape index (κ1) is 7.76. The van der Waals surface area contributed by atoms with Crippen molar-refractivity contribution < 1.29 is 8.42 Å². The molecule has 0 aromatic rings. The van der Waals surface area contributed by atoms with Crippen molar-refractivity contribution in [3.05, 3.63) is 0 Å². The minimum atomic E-state index is -2.98. The third-order valence-electron chi connectivity index (χ3n) is 4.21. The van der Waals surface area contributed by atoms with Crippen LogP contribution in [0, 0.1) is 11.8 Å². The first-order valence-electron chi connectivity index (χ1n) is 4.97. The maximum atomic E-state index is 11.4. The molecule has 4 rings (SSSR count). The Morgan fingerprint density at radius 3 is 2.00 bits per heavy atom. The fourth-order valence-electron chi connectivity index (χ4n) is 3.75. The van der Waals surface area contributed by atoms with Crippen LogP contribution in [-0.2, 0) is 10.0 Å². The van der Waals surface area contributed by atoms with Crippen molar-refractivity contribution in [2.45, 2.75) is 30.6 Å². The minimum Gasteiger partial charge on any atom is -0.212 e. The van der Waals surface area contributed by atoms with E-state index < -0.39 is 10.0 Å². The monoisotopic (exact) mass is 213 g/mol. The zero-order chi connectivity index (χ0) is 9.66. The van der Waals surface area contributed by atoms with E-state index in [-0.39, 0.29) is 12.1 Å². The van der Waals surface area contributed by atoms with Crippen molar-refractivity contribution in [3.8, 4) is 0 Å². The predicted molar refractivity (Wildman–Crippen MR) is 48.3 cm³/mol. The molecule has 2 aliphatic carbocycles. The molecule has 5 nitrogen and oxygen atoms in total. The van der Waals surface area contributed by atoms with Crippen molar-refractivity contribution in [3.63, 3.8) is 0 Å². The van der Waals surface area contributed by atoms with E-state index in [1.54, 1.807) is 4.31 Å². The van der Waals surface area contributed by atoms with E-state index in [1.807, 2.05) is 0 Å². The second kappa shape index (κ2) is 1.90. The van der Waals surface area contributed by atoms with E-state index in [0.29, 0.717) is 23.9 Å². The lowest BCUT2D eigenvalue weighted by Crippen LogP contribution is -2.39. The molecule has 0 aromatic carbocycles. The molecule has 0 aromatic heterocycles. The van der Waals surface area contributed by atoms with Gasteiger partial charge in [0, 0.05) is 23.9 Å². The molecule has 0 radical (unpaired) electrons. The summed E-state index contributed by atoms with van der Waals surface area (Å²) in [4.78, 5) is 0. The van der Waals surface area contributed by atoms with E-state index in [1.165, 1.54) is 6.26 Å². The van der Waals surface area contributed by atoms with E-state index in [4.69, 9.17) is 0 Å². The molecule has 3 fully saturated rings. The molecule has 76 valence electrons. The SMILES string of the molecule is CS(=O)(=O)N1[C@@H]2[C@@H]3C[C@@H]([C@H]4N=N[C@@H]34)[C@@H]21. The van der Waals surface area contributed by atoms with Crippen LogP contribution in [0.2, 0.25) is 0 Å². The molecule has 1 unspecified atom stereocenters. The fraction of sp³-hybridized carbons (Fsp3) is 1.00. The highest BCUT2D eigenvalue weighted by Crippen LogP contribution is 2.62. The molecule has 0 amide bonds. The van der Waals surface area contributed by atoms with E-state index in [0.717, 1.165) is 6.42 Å². The molecule has 7 atom stereocenters. The fourth-order valence-corrected chi connectivity index (χ4v) is 5.14. The summed E-state index contributed by atoms with van der Waals surface area (Å²) >= 11 is 0. The van der Waals surface area contributed by atoms with Crippen molar-refractivity contribution in [2.75, 3.05) is 6.26 Å². The van der Waals surface area contributed by atoms with E-state index in [9.17, 15) is 8.42 Å². The number of fused-ring (bicyclic) bond motifs is 8. The van der Waals surface area contributed by atoms with Gasteiger partial charge in [0.1, 0.15) is 0 Å². The van der Waals surface area contributed by atoms with Gasteiger partial charge in [0.05, 0.1) is 18.3 Å².